The molecule has 23 heavy (non-hydrogen) atoms. The third kappa shape index (κ3) is 7.91. The first kappa shape index (κ1) is 18.6. The fourth-order valence-corrected chi connectivity index (χ4v) is 1.66. The van der Waals surface area contributed by atoms with Crippen LogP contribution in [0.15, 0.2) is 30.3 Å². The molecule has 7 nitrogen and oxygen atoms in total. The minimum Gasteiger partial charge on any atom is -0.466 e. The van der Waals surface area contributed by atoms with E-state index in [2.05, 4.69) is 16.2 Å². The van der Waals surface area contributed by atoms with Crippen LogP contribution in [0.4, 0.5) is 0 Å². The summed E-state index contributed by atoms with van der Waals surface area (Å²) < 4.78 is 4.85. The van der Waals surface area contributed by atoms with Crippen LogP contribution in [0.25, 0.3) is 0 Å². The smallest absolute Gasteiger partial charge is 0.306 e. The van der Waals surface area contributed by atoms with E-state index in [1.54, 1.807) is 30.3 Å². The number of carbonyl (C=O) groups is 3. The van der Waals surface area contributed by atoms with Crippen LogP contribution in [0, 0.1) is 0 Å². The van der Waals surface area contributed by atoms with Crippen molar-refractivity contribution < 1.29 is 19.1 Å². The number of hydrogen-bond donors (Lipinski definition) is 3. The van der Waals surface area contributed by atoms with Gasteiger partial charge in [-0.15, -0.1) is 0 Å². The van der Waals surface area contributed by atoms with Crippen LogP contribution >= 0.6 is 12.2 Å². The number of hydrazine groups is 1. The highest BCUT2D eigenvalue weighted by Gasteiger charge is 2.10. The number of benzene rings is 1. The van der Waals surface area contributed by atoms with Gasteiger partial charge in [0.15, 0.2) is 5.11 Å². The van der Waals surface area contributed by atoms with Crippen LogP contribution in [-0.2, 0) is 14.3 Å². The molecule has 0 unspecified atom stereocenters. The molecule has 0 spiro atoms. The molecule has 1 aromatic rings. The second kappa shape index (κ2) is 10.3. The molecule has 0 aromatic heterocycles. The van der Waals surface area contributed by atoms with Crippen molar-refractivity contribution in [1.29, 1.82) is 0 Å². The van der Waals surface area contributed by atoms with Crippen LogP contribution in [0.2, 0.25) is 0 Å². The zero-order valence-electron chi connectivity index (χ0n) is 12.8. The Morgan fingerprint density at radius 2 is 1.78 bits per heavy atom. The number of nitrogens with one attached hydrogen (secondary N) is 3. The van der Waals surface area contributed by atoms with Crippen molar-refractivity contribution in [2.45, 2.75) is 26.2 Å². The number of rotatable bonds is 6. The van der Waals surface area contributed by atoms with E-state index in [-0.39, 0.29) is 23.9 Å². The van der Waals surface area contributed by atoms with E-state index in [1.807, 2.05) is 6.92 Å². The highest BCUT2D eigenvalue weighted by Crippen LogP contribution is 1.97. The van der Waals surface area contributed by atoms with Gasteiger partial charge < -0.3 is 10.1 Å². The topological polar surface area (TPSA) is 96.5 Å². The first-order valence-electron chi connectivity index (χ1n) is 7.13. The highest BCUT2D eigenvalue weighted by atomic mass is 32.1. The summed E-state index contributed by atoms with van der Waals surface area (Å²) >= 11 is 4.87. The normalized spacial score (nSPS) is 9.61. The molecule has 124 valence electrons. The van der Waals surface area contributed by atoms with Gasteiger partial charge in [0.2, 0.25) is 5.91 Å². The molecule has 1 rings (SSSR count). The predicted molar refractivity (Wildman–Crippen MR) is 88.3 cm³/mol. The zero-order valence-corrected chi connectivity index (χ0v) is 13.6. The van der Waals surface area contributed by atoms with E-state index >= 15 is 0 Å². The standard InChI is InChI=1S/C15H19N3O4S/c1-2-10-22-13(20)9-8-12(19)16-15(23)18-17-14(21)11-6-4-3-5-7-11/h3-7H,2,8-10H2,1H3,(H,17,21)(H2,16,18,19,23). The van der Waals surface area contributed by atoms with E-state index in [0.29, 0.717) is 12.2 Å². The van der Waals surface area contributed by atoms with Gasteiger partial charge in [-0.1, -0.05) is 25.1 Å². The molecule has 0 aliphatic rings. The van der Waals surface area contributed by atoms with Gasteiger partial charge in [-0.25, -0.2) is 0 Å². The van der Waals surface area contributed by atoms with Crippen LogP contribution in [0.1, 0.15) is 36.5 Å². The van der Waals surface area contributed by atoms with Crippen LogP contribution in [-0.4, -0.2) is 29.5 Å². The number of carbonyl (C=O) groups excluding carboxylic acids is 3. The Kier molecular flexibility index (Phi) is 8.30. The predicted octanol–water partition coefficient (Wildman–Crippen LogP) is 1.06. The summed E-state index contributed by atoms with van der Waals surface area (Å²) in [7, 11) is 0. The maximum atomic E-state index is 11.7. The maximum Gasteiger partial charge on any atom is 0.306 e. The lowest BCUT2D eigenvalue weighted by Crippen LogP contribution is -2.48. The lowest BCUT2D eigenvalue weighted by molar-refractivity contribution is -0.144. The van der Waals surface area contributed by atoms with Gasteiger partial charge in [-0.2, -0.15) is 0 Å². The Bertz CT molecular complexity index is 563. The molecule has 0 saturated heterocycles. The molecular formula is C15H19N3O4S. The average molecular weight is 337 g/mol. The molecule has 1 aromatic carbocycles. The minimum atomic E-state index is -0.440. The molecule has 0 radical (unpaired) electrons. The lowest BCUT2D eigenvalue weighted by Gasteiger charge is -2.10. The fraction of sp³-hybridized carbons (Fsp3) is 0.333. The Morgan fingerprint density at radius 1 is 1.09 bits per heavy atom. The van der Waals surface area contributed by atoms with E-state index in [4.69, 9.17) is 17.0 Å². The molecule has 3 N–H and O–H groups in total. The van der Waals surface area contributed by atoms with E-state index in [0.717, 1.165) is 6.42 Å². The number of thiocarbonyl (C=S) groups is 1. The molecule has 0 aliphatic heterocycles. The SMILES string of the molecule is CCCOC(=O)CCC(=O)NC(=S)NNC(=O)c1ccccc1. The molecule has 0 heterocycles. The number of ether oxygens (including phenoxy) is 1. The van der Waals surface area contributed by atoms with Gasteiger partial charge in [-0.3, -0.25) is 25.2 Å². The van der Waals surface area contributed by atoms with E-state index < -0.39 is 11.9 Å². The largest absolute Gasteiger partial charge is 0.466 e. The second-order valence-electron chi connectivity index (χ2n) is 4.54. The van der Waals surface area contributed by atoms with Gasteiger partial charge in [0.25, 0.3) is 5.91 Å². The Hall–Kier alpha value is -2.48. The minimum absolute atomic E-state index is 0.0230. The van der Waals surface area contributed by atoms with Crippen LogP contribution in [0.3, 0.4) is 0 Å². The third-order valence-electron chi connectivity index (χ3n) is 2.60. The lowest BCUT2D eigenvalue weighted by atomic mass is 10.2. The number of hydrogen-bond acceptors (Lipinski definition) is 5. The molecule has 2 amide bonds. The number of esters is 1. The third-order valence-corrected chi connectivity index (χ3v) is 2.81. The van der Waals surface area contributed by atoms with Crippen LogP contribution in [0.5, 0.6) is 0 Å². The van der Waals surface area contributed by atoms with Gasteiger partial charge in [-0.05, 0) is 30.8 Å². The Balaban J connectivity index is 2.24. The quantitative estimate of drug-likeness (QED) is 0.408. The van der Waals surface area contributed by atoms with Gasteiger partial charge in [0.05, 0.1) is 13.0 Å². The van der Waals surface area contributed by atoms with Crippen molar-refractivity contribution in [3.05, 3.63) is 35.9 Å². The monoisotopic (exact) mass is 337 g/mol. The first-order valence-corrected chi connectivity index (χ1v) is 7.54. The summed E-state index contributed by atoms with van der Waals surface area (Å²) in [6.45, 7) is 2.22. The van der Waals surface area contributed by atoms with Crippen molar-refractivity contribution in [3.63, 3.8) is 0 Å². The molecular weight excluding hydrogens is 318 g/mol. The van der Waals surface area contributed by atoms with Gasteiger partial charge >= 0.3 is 5.97 Å². The summed E-state index contributed by atoms with van der Waals surface area (Å²) in [5.74, 6) is -1.26. The number of amides is 2. The average Bonchev–Trinajstić information content (AvgIpc) is 2.56. The van der Waals surface area contributed by atoms with Crippen molar-refractivity contribution in [2.75, 3.05) is 6.61 Å². The van der Waals surface area contributed by atoms with E-state index in [1.165, 1.54) is 0 Å². The molecule has 0 saturated carbocycles. The first-order chi connectivity index (χ1) is 11.0. The molecule has 0 atom stereocenters. The molecule has 8 heteroatoms. The Labute approximate surface area is 139 Å². The molecule has 0 fully saturated rings. The summed E-state index contributed by atoms with van der Waals surface area (Å²) in [6, 6.07) is 8.53. The van der Waals surface area contributed by atoms with Gasteiger partial charge in [0, 0.05) is 12.0 Å². The van der Waals surface area contributed by atoms with Crippen molar-refractivity contribution in [1.82, 2.24) is 16.2 Å². The summed E-state index contributed by atoms with van der Waals surface area (Å²) in [6.07, 6.45) is 0.662. The van der Waals surface area contributed by atoms with Crippen LogP contribution < -0.4 is 16.2 Å². The highest BCUT2D eigenvalue weighted by molar-refractivity contribution is 7.80. The maximum absolute atomic E-state index is 11.7. The summed E-state index contributed by atoms with van der Waals surface area (Å²) in [5.41, 5.74) is 5.23. The van der Waals surface area contributed by atoms with E-state index in [9.17, 15) is 14.4 Å². The summed E-state index contributed by atoms with van der Waals surface area (Å²) in [4.78, 5) is 34.6. The van der Waals surface area contributed by atoms with Crippen molar-refractivity contribution >= 4 is 35.1 Å². The molecule has 0 bridgehead atoms. The van der Waals surface area contributed by atoms with Gasteiger partial charge in [0.1, 0.15) is 0 Å². The second-order valence-corrected chi connectivity index (χ2v) is 4.95. The Morgan fingerprint density at radius 3 is 2.43 bits per heavy atom. The van der Waals surface area contributed by atoms with Crippen molar-refractivity contribution in [3.8, 4) is 0 Å². The fourth-order valence-electron chi connectivity index (χ4n) is 1.50. The van der Waals surface area contributed by atoms with Crippen molar-refractivity contribution in [2.24, 2.45) is 0 Å². The summed E-state index contributed by atoms with van der Waals surface area (Å²) in [5, 5.41) is 2.30. The zero-order chi connectivity index (χ0) is 17.1. The molecule has 0 aliphatic carbocycles.